The molecule has 1 heterocycles. The van der Waals surface area contributed by atoms with Crippen molar-refractivity contribution in [2.24, 2.45) is 11.8 Å². The molecule has 98 valence electrons. The summed E-state index contributed by atoms with van der Waals surface area (Å²) >= 11 is 0. The summed E-state index contributed by atoms with van der Waals surface area (Å²) in [6, 6.07) is -0.0663. The largest absolute Gasteiger partial charge is 0.481 e. The number of likely N-dealkylation sites (tertiary alicyclic amines) is 1. The van der Waals surface area contributed by atoms with Gasteiger partial charge in [-0.15, -0.1) is 0 Å². The van der Waals surface area contributed by atoms with Crippen molar-refractivity contribution < 1.29 is 19.8 Å². The van der Waals surface area contributed by atoms with Crippen molar-refractivity contribution in [2.75, 3.05) is 19.6 Å². The van der Waals surface area contributed by atoms with E-state index in [1.807, 2.05) is 0 Å². The van der Waals surface area contributed by atoms with Crippen molar-refractivity contribution in [3.63, 3.8) is 0 Å². The van der Waals surface area contributed by atoms with Crippen molar-refractivity contribution in [2.45, 2.75) is 26.3 Å². The summed E-state index contributed by atoms with van der Waals surface area (Å²) in [5, 5.41) is 21.1. The highest BCUT2D eigenvalue weighted by Crippen LogP contribution is 2.17. The lowest BCUT2D eigenvalue weighted by Crippen LogP contribution is -2.53. The number of hydrogen-bond acceptors (Lipinski definition) is 3. The quantitative estimate of drug-likeness (QED) is 0.676. The Morgan fingerprint density at radius 1 is 1.35 bits per heavy atom. The fourth-order valence-electron chi connectivity index (χ4n) is 1.98. The van der Waals surface area contributed by atoms with Crippen LogP contribution in [0.3, 0.4) is 0 Å². The van der Waals surface area contributed by atoms with Gasteiger partial charge in [-0.2, -0.15) is 0 Å². The fourth-order valence-corrected chi connectivity index (χ4v) is 1.98. The molecular formula is C11H20N2O4. The summed E-state index contributed by atoms with van der Waals surface area (Å²) in [4.78, 5) is 23.1. The van der Waals surface area contributed by atoms with E-state index in [0.29, 0.717) is 18.9 Å². The molecule has 0 aromatic rings. The second-order valence-electron chi connectivity index (χ2n) is 4.96. The Labute approximate surface area is 101 Å². The van der Waals surface area contributed by atoms with Gasteiger partial charge in [-0.05, 0) is 18.9 Å². The number of carbonyl (C=O) groups is 2. The van der Waals surface area contributed by atoms with Crippen LogP contribution in [0, 0.1) is 11.8 Å². The van der Waals surface area contributed by atoms with E-state index in [9.17, 15) is 9.59 Å². The smallest absolute Gasteiger partial charge is 0.407 e. The van der Waals surface area contributed by atoms with Gasteiger partial charge in [0.05, 0.1) is 5.92 Å². The first-order chi connectivity index (χ1) is 7.90. The molecule has 17 heavy (non-hydrogen) atoms. The molecule has 6 nitrogen and oxygen atoms in total. The highest BCUT2D eigenvalue weighted by molar-refractivity contribution is 5.72. The Morgan fingerprint density at radius 2 is 2.00 bits per heavy atom. The monoisotopic (exact) mass is 244 g/mol. The standard InChI is InChI=1S/C11H20N2O4/c1-7(2)4-12-9-3-8(10(14)15)5-13(6-9)11(16)17/h7-9,12H,3-6H2,1-2H3,(H,14,15)(H,16,17)/t8-,9+/m1/s1. The zero-order valence-electron chi connectivity index (χ0n) is 10.2. The molecule has 0 aliphatic carbocycles. The molecule has 3 N–H and O–H groups in total. The first kappa shape index (κ1) is 13.8. The number of nitrogens with zero attached hydrogens (tertiary/aromatic N) is 1. The number of hydrogen-bond donors (Lipinski definition) is 3. The lowest BCUT2D eigenvalue weighted by Gasteiger charge is -2.35. The van der Waals surface area contributed by atoms with Crippen LogP contribution in [0.2, 0.25) is 0 Å². The summed E-state index contributed by atoms with van der Waals surface area (Å²) in [6.45, 7) is 5.33. The van der Waals surface area contributed by atoms with Gasteiger partial charge in [0.1, 0.15) is 0 Å². The average molecular weight is 244 g/mol. The Balaban J connectivity index is 2.58. The van der Waals surface area contributed by atoms with Crippen molar-refractivity contribution >= 4 is 12.1 Å². The third-order valence-electron chi connectivity index (χ3n) is 2.89. The molecule has 0 unspecified atom stereocenters. The van der Waals surface area contributed by atoms with Crippen LogP contribution in [0.1, 0.15) is 20.3 Å². The van der Waals surface area contributed by atoms with E-state index < -0.39 is 18.0 Å². The Hall–Kier alpha value is -1.30. The molecule has 1 saturated heterocycles. The molecule has 6 heteroatoms. The van der Waals surface area contributed by atoms with Gasteiger partial charge in [0, 0.05) is 19.1 Å². The van der Waals surface area contributed by atoms with Gasteiger partial charge in [-0.3, -0.25) is 4.79 Å². The van der Waals surface area contributed by atoms with Gasteiger partial charge in [0.2, 0.25) is 0 Å². The van der Waals surface area contributed by atoms with Crippen LogP contribution >= 0.6 is 0 Å². The third-order valence-corrected chi connectivity index (χ3v) is 2.89. The molecule has 1 fully saturated rings. The molecule has 1 aliphatic heterocycles. The van der Waals surface area contributed by atoms with E-state index in [1.165, 1.54) is 4.90 Å². The van der Waals surface area contributed by atoms with Crippen molar-refractivity contribution in [3.8, 4) is 0 Å². The van der Waals surface area contributed by atoms with Gasteiger partial charge < -0.3 is 20.4 Å². The van der Waals surface area contributed by atoms with E-state index in [2.05, 4.69) is 19.2 Å². The van der Waals surface area contributed by atoms with Crippen LogP contribution in [0.5, 0.6) is 0 Å². The summed E-state index contributed by atoms with van der Waals surface area (Å²) in [7, 11) is 0. The van der Waals surface area contributed by atoms with Gasteiger partial charge >= 0.3 is 12.1 Å². The first-order valence-electron chi connectivity index (χ1n) is 5.84. The van der Waals surface area contributed by atoms with Crippen LogP contribution in [-0.2, 0) is 4.79 Å². The molecule has 1 rings (SSSR count). The Morgan fingerprint density at radius 3 is 2.47 bits per heavy atom. The van der Waals surface area contributed by atoms with Crippen molar-refractivity contribution in [1.82, 2.24) is 10.2 Å². The second kappa shape index (κ2) is 5.86. The number of carboxylic acids is 1. The van der Waals surface area contributed by atoms with Gasteiger partial charge in [0.25, 0.3) is 0 Å². The maximum Gasteiger partial charge on any atom is 0.407 e. The Kier molecular flexibility index (Phi) is 4.74. The molecule has 0 saturated carbocycles. The lowest BCUT2D eigenvalue weighted by atomic mass is 9.94. The minimum atomic E-state index is -1.05. The third kappa shape index (κ3) is 4.22. The second-order valence-corrected chi connectivity index (χ2v) is 4.96. The number of amides is 1. The molecule has 0 aromatic heterocycles. The van der Waals surface area contributed by atoms with E-state index in [1.54, 1.807) is 0 Å². The van der Waals surface area contributed by atoms with E-state index in [-0.39, 0.29) is 12.6 Å². The number of rotatable bonds is 4. The maximum atomic E-state index is 11.0. The fraction of sp³-hybridized carbons (Fsp3) is 0.818. The van der Waals surface area contributed by atoms with Crippen LogP contribution in [0.15, 0.2) is 0 Å². The molecule has 0 aromatic carbocycles. The van der Waals surface area contributed by atoms with Crippen LogP contribution in [0.4, 0.5) is 4.79 Å². The molecule has 1 aliphatic rings. The number of aliphatic carboxylic acids is 1. The van der Waals surface area contributed by atoms with Gasteiger partial charge in [-0.25, -0.2) is 4.79 Å². The lowest BCUT2D eigenvalue weighted by molar-refractivity contribution is -0.143. The predicted molar refractivity (Wildman–Crippen MR) is 62.0 cm³/mol. The molecular weight excluding hydrogens is 224 g/mol. The normalized spacial score (nSPS) is 25.0. The molecule has 0 bridgehead atoms. The minimum absolute atomic E-state index is 0.0663. The molecule has 2 atom stereocenters. The van der Waals surface area contributed by atoms with Crippen LogP contribution in [-0.4, -0.2) is 52.9 Å². The van der Waals surface area contributed by atoms with E-state index in [0.717, 1.165) is 6.54 Å². The number of nitrogens with one attached hydrogen (secondary N) is 1. The van der Waals surface area contributed by atoms with Gasteiger partial charge in [0.15, 0.2) is 0 Å². The number of piperidine rings is 1. The average Bonchev–Trinajstić information content (AvgIpc) is 2.25. The summed E-state index contributed by atoms with van der Waals surface area (Å²) in [5.41, 5.74) is 0. The molecule has 0 spiro atoms. The first-order valence-corrected chi connectivity index (χ1v) is 5.84. The maximum absolute atomic E-state index is 11.0. The zero-order chi connectivity index (χ0) is 13.0. The number of carboxylic acid groups (broad SMARTS) is 2. The van der Waals surface area contributed by atoms with Crippen molar-refractivity contribution in [1.29, 1.82) is 0 Å². The SMILES string of the molecule is CC(C)CN[C@H]1C[C@@H](C(=O)O)CN(C(=O)O)C1. The predicted octanol–water partition coefficient (Wildman–Crippen LogP) is 0.685. The van der Waals surface area contributed by atoms with Crippen LogP contribution < -0.4 is 5.32 Å². The van der Waals surface area contributed by atoms with E-state index in [4.69, 9.17) is 10.2 Å². The topological polar surface area (TPSA) is 89.9 Å². The summed E-state index contributed by atoms with van der Waals surface area (Å²) in [6.07, 6.45) is -0.557. The van der Waals surface area contributed by atoms with Crippen molar-refractivity contribution in [3.05, 3.63) is 0 Å². The summed E-state index contributed by atoms with van der Waals surface area (Å²) in [5.74, 6) is -1.07. The molecule has 1 amide bonds. The highest BCUT2D eigenvalue weighted by Gasteiger charge is 2.33. The molecule has 0 radical (unpaired) electrons. The van der Waals surface area contributed by atoms with Crippen LogP contribution in [0.25, 0.3) is 0 Å². The zero-order valence-corrected chi connectivity index (χ0v) is 10.2. The Bertz CT molecular complexity index is 271. The minimum Gasteiger partial charge on any atom is -0.481 e. The summed E-state index contributed by atoms with van der Waals surface area (Å²) < 4.78 is 0. The van der Waals surface area contributed by atoms with E-state index >= 15 is 0 Å². The highest BCUT2D eigenvalue weighted by atomic mass is 16.4. The van der Waals surface area contributed by atoms with Gasteiger partial charge in [-0.1, -0.05) is 13.8 Å².